The maximum Gasteiger partial charge on any atom is 0.290 e. The molecule has 1 aromatic carbocycles. The quantitative estimate of drug-likeness (QED) is 0.852. The smallest absolute Gasteiger partial charge is 0.290 e. The van der Waals surface area contributed by atoms with Gasteiger partial charge in [0.05, 0.1) is 6.20 Å². The number of hydrogen-bond donors (Lipinski definition) is 2. The maximum absolute atomic E-state index is 11.8. The molecule has 18 heavy (non-hydrogen) atoms. The van der Waals surface area contributed by atoms with Crippen molar-refractivity contribution in [2.24, 2.45) is 5.73 Å². The maximum atomic E-state index is 11.8. The Kier molecular flexibility index (Phi) is 3.74. The number of aromatic nitrogens is 1. The lowest BCUT2D eigenvalue weighted by Gasteiger charge is -2.08. The molecule has 1 amide bonds. The fourth-order valence-corrected chi connectivity index (χ4v) is 1.69. The average molecular weight is 245 g/mol. The minimum absolute atomic E-state index is 0.250. The molecule has 0 saturated carbocycles. The van der Waals surface area contributed by atoms with E-state index < -0.39 is 0 Å². The Balaban J connectivity index is 2.04. The van der Waals surface area contributed by atoms with E-state index in [4.69, 9.17) is 10.3 Å². The van der Waals surface area contributed by atoms with E-state index in [1.807, 2.05) is 24.3 Å². The predicted octanol–water partition coefficient (Wildman–Crippen LogP) is 1.37. The number of carbonyl (C=O) groups is 1. The SMILES string of the molecule is Cc1cnoc1C(=O)NCc1ccccc1CN. The van der Waals surface area contributed by atoms with Crippen LogP contribution in [0.25, 0.3) is 0 Å². The van der Waals surface area contributed by atoms with E-state index in [1.54, 1.807) is 6.92 Å². The first-order valence-corrected chi connectivity index (χ1v) is 5.68. The number of benzene rings is 1. The summed E-state index contributed by atoms with van der Waals surface area (Å²) in [7, 11) is 0. The van der Waals surface area contributed by atoms with Gasteiger partial charge < -0.3 is 15.6 Å². The molecular weight excluding hydrogens is 230 g/mol. The van der Waals surface area contributed by atoms with Crippen molar-refractivity contribution >= 4 is 5.91 Å². The van der Waals surface area contributed by atoms with Crippen molar-refractivity contribution in [1.29, 1.82) is 0 Å². The van der Waals surface area contributed by atoms with Gasteiger partial charge >= 0.3 is 0 Å². The van der Waals surface area contributed by atoms with Crippen molar-refractivity contribution in [3.05, 3.63) is 52.9 Å². The molecule has 0 fully saturated rings. The highest BCUT2D eigenvalue weighted by Crippen LogP contribution is 2.09. The Bertz CT molecular complexity index is 549. The molecule has 0 aliphatic heterocycles. The van der Waals surface area contributed by atoms with E-state index in [9.17, 15) is 4.79 Å². The lowest BCUT2D eigenvalue weighted by atomic mass is 10.1. The van der Waals surface area contributed by atoms with Crippen LogP contribution in [0, 0.1) is 6.92 Å². The van der Waals surface area contributed by atoms with Crippen molar-refractivity contribution in [2.75, 3.05) is 0 Å². The molecule has 0 aliphatic rings. The van der Waals surface area contributed by atoms with Crippen LogP contribution in [0.4, 0.5) is 0 Å². The molecule has 0 aliphatic carbocycles. The summed E-state index contributed by atoms with van der Waals surface area (Å²) >= 11 is 0. The molecule has 1 aromatic heterocycles. The minimum atomic E-state index is -0.267. The van der Waals surface area contributed by atoms with Gasteiger partial charge in [-0.1, -0.05) is 29.4 Å². The largest absolute Gasteiger partial charge is 0.351 e. The number of rotatable bonds is 4. The highest BCUT2D eigenvalue weighted by Gasteiger charge is 2.13. The number of aryl methyl sites for hydroxylation is 1. The van der Waals surface area contributed by atoms with Crippen LogP contribution in [-0.4, -0.2) is 11.1 Å². The summed E-state index contributed by atoms with van der Waals surface area (Å²) in [5.74, 6) is -0.0166. The third-order valence-corrected chi connectivity index (χ3v) is 2.73. The Morgan fingerprint density at radius 1 is 1.39 bits per heavy atom. The molecule has 2 aromatic rings. The van der Waals surface area contributed by atoms with Crippen molar-refractivity contribution in [3.63, 3.8) is 0 Å². The standard InChI is InChI=1S/C13H15N3O2/c1-9-7-16-18-12(9)13(17)15-8-11-5-3-2-4-10(11)6-14/h2-5,7H,6,8,14H2,1H3,(H,15,17). The lowest BCUT2D eigenvalue weighted by Crippen LogP contribution is -2.23. The summed E-state index contributed by atoms with van der Waals surface area (Å²) in [5, 5.41) is 6.36. The number of nitrogens with two attached hydrogens (primary N) is 1. The molecular formula is C13H15N3O2. The third kappa shape index (κ3) is 2.57. The zero-order valence-electron chi connectivity index (χ0n) is 10.1. The highest BCUT2D eigenvalue weighted by atomic mass is 16.5. The van der Waals surface area contributed by atoms with Gasteiger partial charge in [0, 0.05) is 18.7 Å². The van der Waals surface area contributed by atoms with Crippen LogP contribution < -0.4 is 11.1 Å². The predicted molar refractivity (Wildman–Crippen MR) is 66.7 cm³/mol. The van der Waals surface area contributed by atoms with E-state index in [-0.39, 0.29) is 11.7 Å². The first-order valence-electron chi connectivity index (χ1n) is 5.68. The summed E-state index contributed by atoms with van der Waals surface area (Å²) in [4.78, 5) is 11.8. The van der Waals surface area contributed by atoms with Crippen molar-refractivity contribution < 1.29 is 9.32 Å². The minimum Gasteiger partial charge on any atom is -0.351 e. The van der Waals surface area contributed by atoms with E-state index in [2.05, 4.69) is 10.5 Å². The van der Waals surface area contributed by atoms with E-state index >= 15 is 0 Å². The summed E-state index contributed by atoms with van der Waals surface area (Å²) < 4.78 is 4.88. The van der Waals surface area contributed by atoms with Crippen LogP contribution in [-0.2, 0) is 13.1 Å². The van der Waals surface area contributed by atoms with Crippen LogP contribution >= 0.6 is 0 Å². The van der Waals surface area contributed by atoms with Crippen molar-refractivity contribution in [2.45, 2.75) is 20.0 Å². The van der Waals surface area contributed by atoms with Crippen molar-refractivity contribution in [1.82, 2.24) is 10.5 Å². The summed E-state index contributed by atoms with van der Waals surface area (Å²) in [6.45, 7) is 2.65. The molecule has 1 heterocycles. The monoisotopic (exact) mass is 245 g/mol. The first-order chi connectivity index (χ1) is 8.72. The third-order valence-electron chi connectivity index (χ3n) is 2.73. The molecule has 0 saturated heterocycles. The second-order valence-corrected chi connectivity index (χ2v) is 3.99. The Morgan fingerprint density at radius 2 is 2.11 bits per heavy atom. The molecule has 5 heteroatoms. The van der Waals surface area contributed by atoms with Crippen LogP contribution in [0.3, 0.4) is 0 Å². The van der Waals surface area contributed by atoms with Gasteiger partial charge in [0.25, 0.3) is 5.91 Å². The molecule has 5 nitrogen and oxygen atoms in total. The zero-order chi connectivity index (χ0) is 13.0. The number of carbonyl (C=O) groups excluding carboxylic acids is 1. The summed E-state index contributed by atoms with van der Waals surface area (Å²) in [5.41, 5.74) is 8.38. The van der Waals surface area contributed by atoms with Crippen molar-refractivity contribution in [3.8, 4) is 0 Å². The Hall–Kier alpha value is -2.14. The fraction of sp³-hybridized carbons (Fsp3) is 0.231. The molecule has 94 valence electrons. The summed E-state index contributed by atoms with van der Waals surface area (Å²) in [6.07, 6.45) is 1.52. The van der Waals surface area contributed by atoms with Gasteiger partial charge in [-0.25, -0.2) is 0 Å². The molecule has 2 rings (SSSR count). The lowest BCUT2D eigenvalue weighted by molar-refractivity contribution is 0.0913. The molecule has 0 unspecified atom stereocenters. The van der Waals surface area contributed by atoms with Gasteiger partial charge in [0.1, 0.15) is 0 Å². The van der Waals surface area contributed by atoms with Crippen LogP contribution in [0.5, 0.6) is 0 Å². The topological polar surface area (TPSA) is 81.2 Å². The normalized spacial score (nSPS) is 10.3. The van der Waals surface area contributed by atoms with Gasteiger partial charge in [-0.3, -0.25) is 4.79 Å². The summed E-state index contributed by atoms with van der Waals surface area (Å²) in [6, 6.07) is 7.73. The van der Waals surface area contributed by atoms with Crippen LogP contribution in [0.15, 0.2) is 35.0 Å². The van der Waals surface area contributed by atoms with Gasteiger partial charge in [-0.15, -0.1) is 0 Å². The van der Waals surface area contributed by atoms with Gasteiger partial charge in [0.15, 0.2) is 0 Å². The molecule has 0 bridgehead atoms. The van der Waals surface area contributed by atoms with E-state index in [0.717, 1.165) is 16.7 Å². The highest BCUT2D eigenvalue weighted by molar-refractivity contribution is 5.92. The molecule has 0 spiro atoms. The van der Waals surface area contributed by atoms with Gasteiger partial charge in [0.2, 0.25) is 5.76 Å². The van der Waals surface area contributed by atoms with E-state index in [1.165, 1.54) is 6.20 Å². The first kappa shape index (κ1) is 12.3. The van der Waals surface area contributed by atoms with Gasteiger partial charge in [-0.2, -0.15) is 0 Å². The number of hydrogen-bond acceptors (Lipinski definition) is 4. The zero-order valence-corrected chi connectivity index (χ0v) is 10.1. The molecule has 0 atom stereocenters. The number of nitrogens with one attached hydrogen (secondary N) is 1. The second kappa shape index (κ2) is 5.46. The van der Waals surface area contributed by atoms with Crippen LogP contribution in [0.2, 0.25) is 0 Å². The Labute approximate surface area is 105 Å². The molecule has 0 radical (unpaired) electrons. The second-order valence-electron chi connectivity index (χ2n) is 3.99. The average Bonchev–Trinajstić information content (AvgIpc) is 2.82. The number of nitrogens with zero attached hydrogens (tertiary/aromatic N) is 1. The van der Waals surface area contributed by atoms with E-state index in [0.29, 0.717) is 13.1 Å². The molecule has 3 N–H and O–H groups in total. The fourth-order valence-electron chi connectivity index (χ4n) is 1.69. The number of amides is 1. The van der Waals surface area contributed by atoms with Crippen LogP contribution in [0.1, 0.15) is 27.2 Å². The van der Waals surface area contributed by atoms with Gasteiger partial charge in [-0.05, 0) is 18.1 Å². The Morgan fingerprint density at radius 3 is 2.72 bits per heavy atom.